The first-order valence-electron chi connectivity index (χ1n) is 7.44. The highest BCUT2D eigenvalue weighted by Gasteiger charge is 2.21. The van der Waals surface area contributed by atoms with Gasteiger partial charge in [0.1, 0.15) is 5.60 Å². The van der Waals surface area contributed by atoms with E-state index in [1.807, 2.05) is 0 Å². The van der Waals surface area contributed by atoms with Crippen LogP contribution in [-0.4, -0.2) is 16.6 Å². The molecule has 1 unspecified atom stereocenters. The van der Waals surface area contributed by atoms with Crippen molar-refractivity contribution in [3.05, 3.63) is 0 Å². The summed E-state index contributed by atoms with van der Waals surface area (Å²) in [5.41, 5.74) is -1.08. The Kier molecular flexibility index (Phi) is 11.8. The predicted molar refractivity (Wildman–Crippen MR) is 81.0 cm³/mol. The minimum absolute atomic E-state index is 0.140. The van der Waals surface area contributed by atoms with Crippen molar-refractivity contribution < 1.29 is 5.11 Å². The molecule has 1 N–H and O–H groups in total. The minimum Gasteiger partial charge on any atom is -0.376 e. The average Bonchev–Trinajstić information content (AvgIpc) is 2.40. The van der Waals surface area contributed by atoms with Crippen LogP contribution in [0.4, 0.5) is 0 Å². The van der Waals surface area contributed by atoms with Crippen LogP contribution in [0.5, 0.6) is 0 Å². The molecule has 0 fully saturated rings. The summed E-state index contributed by atoms with van der Waals surface area (Å²) >= 11 is 5.64. The Morgan fingerprint density at radius 1 is 0.944 bits per heavy atom. The SMILES string of the molecule is C#CC(O)(CCl)CCCCCCCCCCCC. The Hall–Kier alpha value is -0.190. The largest absolute Gasteiger partial charge is 0.376 e. The molecule has 0 radical (unpaired) electrons. The van der Waals surface area contributed by atoms with E-state index in [2.05, 4.69) is 12.8 Å². The highest BCUT2D eigenvalue weighted by Crippen LogP contribution is 2.17. The summed E-state index contributed by atoms with van der Waals surface area (Å²) in [4.78, 5) is 0. The van der Waals surface area contributed by atoms with Crippen LogP contribution in [0, 0.1) is 12.3 Å². The molecule has 1 atom stereocenters. The third kappa shape index (κ3) is 9.80. The van der Waals surface area contributed by atoms with E-state index in [0.29, 0.717) is 6.42 Å². The quantitative estimate of drug-likeness (QED) is 0.304. The summed E-state index contributed by atoms with van der Waals surface area (Å²) in [6, 6.07) is 0. The van der Waals surface area contributed by atoms with Gasteiger partial charge in [-0.2, -0.15) is 0 Å². The van der Waals surface area contributed by atoms with E-state index >= 15 is 0 Å². The number of alkyl halides is 1. The molecule has 0 saturated heterocycles. The zero-order valence-electron chi connectivity index (χ0n) is 11.9. The molecule has 0 aromatic carbocycles. The minimum atomic E-state index is -1.08. The fourth-order valence-corrected chi connectivity index (χ4v) is 2.29. The highest BCUT2D eigenvalue weighted by molar-refractivity contribution is 6.18. The topological polar surface area (TPSA) is 20.2 Å². The molecule has 0 aliphatic rings. The van der Waals surface area contributed by atoms with Gasteiger partial charge >= 0.3 is 0 Å². The van der Waals surface area contributed by atoms with Crippen LogP contribution >= 0.6 is 11.6 Å². The van der Waals surface area contributed by atoms with Crippen molar-refractivity contribution in [2.75, 3.05) is 5.88 Å². The van der Waals surface area contributed by atoms with Gasteiger partial charge in [-0.3, -0.25) is 0 Å². The first-order chi connectivity index (χ1) is 8.68. The second kappa shape index (κ2) is 11.9. The van der Waals surface area contributed by atoms with Gasteiger partial charge in [0.2, 0.25) is 0 Å². The number of terminal acetylenes is 1. The zero-order chi connectivity index (χ0) is 13.7. The Labute approximate surface area is 118 Å². The molecule has 0 aromatic heterocycles. The fraction of sp³-hybridized carbons (Fsp3) is 0.875. The molecule has 0 aromatic rings. The van der Waals surface area contributed by atoms with Crippen molar-refractivity contribution in [3.63, 3.8) is 0 Å². The number of hydrogen-bond donors (Lipinski definition) is 1. The standard InChI is InChI=1S/C16H29ClO/c1-3-5-6-7-8-9-10-11-12-13-14-16(18,4-2)15-17/h2,18H,3,5-15H2,1H3. The van der Waals surface area contributed by atoms with Gasteiger partial charge in [-0.25, -0.2) is 0 Å². The van der Waals surface area contributed by atoms with Gasteiger partial charge in [0.15, 0.2) is 0 Å². The van der Waals surface area contributed by atoms with E-state index in [9.17, 15) is 5.11 Å². The van der Waals surface area contributed by atoms with Crippen LogP contribution in [0.25, 0.3) is 0 Å². The molecule has 0 aliphatic heterocycles. The molecule has 0 rings (SSSR count). The predicted octanol–water partition coefficient (Wildman–Crippen LogP) is 4.90. The van der Waals surface area contributed by atoms with Crippen molar-refractivity contribution in [2.45, 2.75) is 83.2 Å². The summed E-state index contributed by atoms with van der Waals surface area (Å²) in [7, 11) is 0. The number of rotatable bonds is 12. The number of hydrogen-bond acceptors (Lipinski definition) is 1. The molecule has 0 spiro atoms. The summed E-state index contributed by atoms with van der Waals surface area (Å²) in [5, 5.41) is 9.78. The van der Waals surface area contributed by atoms with Gasteiger partial charge in [-0.05, 0) is 12.8 Å². The lowest BCUT2D eigenvalue weighted by Crippen LogP contribution is -2.28. The van der Waals surface area contributed by atoms with Crippen molar-refractivity contribution in [2.24, 2.45) is 0 Å². The maximum atomic E-state index is 9.78. The number of aliphatic hydroxyl groups is 1. The first kappa shape index (κ1) is 17.8. The van der Waals surface area contributed by atoms with Gasteiger partial charge in [-0.15, -0.1) is 18.0 Å². The van der Waals surface area contributed by atoms with Gasteiger partial charge in [0.05, 0.1) is 5.88 Å². The summed E-state index contributed by atoms with van der Waals surface area (Å²) in [6.07, 6.45) is 18.7. The molecule has 18 heavy (non-hydrogen) atoms. The maximum Gasteiger partial charge on any atom is 0.138 e. The molecule has 0 aliphatic carbocycles. The summed E-state index contributed by atoms with van der Waals surface area (Å²) in [5.74, 6) is 2.52. The van der Waals surface area contributed by atoms with Crippen LogP contribution in [0.3, 0.4) is 0 Å². The maximum absolute atomic E-state index is 9.78. The van der Waals surface area contributed by atoms with E-state index < -0.39 is 5.60 Å². The van der Waals surface area contributed by atoms with Gasteiger partial charge in [0, 0.05) is 0 Å². The second-order valence-electron chi connectivity index (χ2n) is 5.24. The lowest BCUT2D eigenvalue weighted by atomic mass is 9.98. The molecular formula is C16H29ClO. The van der Waals surface area contributed by atoms with Crippen LogP contribution in [0.2, 0.25) is 0 Å². The smallest absolute Gasteiger partial charge is 0.138 e. The average molecular weight is 273 g/mol. The van der Waals surface area contributed by atoms with E-state index in [-0.39, 0.29) is 5.88 Å². The molecule has 1 nitrogen and oxygen atoms in total. The molecule has 0 saturated carbocycles. The second-order valence-corrected chi connectivity index (χ2v) is 5.51. The van der Waals surface area contributed by atoms with Crippen molar-refractivity contribution in [1.82, 2.24) is 0 Å². The van der Waals surface area contributed by atoms with Gasteiger partial charge < -0.3 is 5.11 Å². The molecule has 2 heteroatoms. The number of halogens is 1. The van der Waals surface area contributed by atoms with Crippen molar-refractivity contribution in [1.29, 1.82) is 0 Å². The van der Waals surface area contributed by atoms with Gasteiger partial charge in [0.25, 0.3) is 0 Å². The zero-order valence-corrected chi connectivity index (χ0v) is 12.6. The fourth-order valence-electron chi connectivity index (χ4n) is 2.08. The van der Waals surface area contributed by atoms with Crippen LogP contribution in [-0.2, 0) is 0 Å². The summed E-state index contributed by atoms with van der Waals surface area (Å²) < 4.78 is 0. The van der Waals surface area contributed by atoms with Crippen molar-refractivity contribution >= 4 is 11.6 Å². The van der Waals surface area contributed by atoms with Crippen LogP contribution in [0.1, 0.15) is 77.6 Å². The Morgan fingerprint density at radius 3 is 1.78 bits per heavy atom. The van der Waals surface area contributed by atoms with Crippen molar-refractivity contribution in [3.8, 4) is 12.3 Å². The molecule has 0 bridgehead atoms. The Balaban J connectivity index is 3.24. The number of unbranched alkanes of at least 4 members (excludes halogenated alkanes) is 9. The lowest BCUT2D eigenvalue weighted by molar-refractivity contribution is 0.112. The van der Waals surface area contributed by atoms with E-state index in [0.717, 1.165) is 12.8 Å². The molecule has 0 heterocycles. The normalized spacial score (nSPS) is 14.1. The summed E-state index contributed by atoms with van der Waals surface area (Å²) in [6.45, 7) is 2.25. The van der Waals surface area contributed by atoms with Gasteiger partial charge in [-0.1, -0.05) is 70.6 Å². The Morgan fingerprint density at radius 2 is 1.39 bits per heavy atom. The molecular weight excluding hydrogens is 244 g/mol. The van der Waals surface area contributed by atoms with E-state index in [1.54, 1.807) is 0 Å². The lowest BCUT2D eigenvalue weighted by Gasteiger charge is -2.18. The van der Waals surface area contributed by atoms with Crippen LogP contribution < -0.4 is 0 Å². The molecule has 0 amide bonds. The third-order valence-corrected chi connectivity index (χ3v) is 3.88. The van der Waals surface area contributed by atoms with Crippen LogP contribution in [0.15, 0.2) is 0 Å². The van der Waals surface area contributed by atoms with E-state index in [4.69, 9.17) is 18.0 Å². The monoisotopic (exact) mass is 272 g/mol. The van der Waals surface area contributed by atoms with E-state index in [1.165, 1.54) is 51.4 Å². The Bertz CT molecular complexity index is 222. The molecule has 106 valence electrons. The third-order valence-electron chi connectivity index (χ3n) is 3.43. The highest BCUT2D eigenvalue weighted by atomic mass is 35.5. The first-order valence-corrected chi connectivity index (χ1v) is 7.98.